The van der Waals surface area contributed by atoms with Gasteiger partial charge in [0.25, 0.3) is 5.91 Å². The van der Waals surface area contributed by atoms with Crippen molar-refractivity contribution in [3.05, 3.63) is 142 Å². The van der Waals surface area contributed by atoms with Crippen molar-refractivity contribution in [2.75, 3.05) is 0 Å². The van der Waals surface area contributed by atoms with Crippen LogP contribution in [0.4, 0.5) is 4.39 Å². The van der Waals surface area contributed by atoms with E-state index in [0.29, 0.717) is 11.3 Å². The highest BCUT2D eigenvalue weighted by Gasteiger charge is 2.11. The molecule has 0 atom stereocenters. The number of rotatable bonds is 8. The van der Waals surface area contributed by atoms with E-state index in [4.69, 9.17) is 4.74 Å². The van der Waals surface area contributed by atoms with Gasteiger partial charge in [0.1, 0.15) is 18.2 Å². The third kappa shape index (κ3) is 6.33. The van der Waals surface area contributed by atoms with Gasteiger partial charge in [-0.2, -0.15) is 5.10 Å². The summed E-state index contributed by atoms with van der Waals surface area (Å²) in [4.78, 5) is 12.7. The minimum Gasteiger partial charge on any atom is -0.488 e. The highest BCUT2D eigenvalue weighted by atomic mass is 79.9. The van der Waals surface area contributed by atoms with Gasteiger partial charge in [-0.15, -0.1) is 0 Å². The van der Waals surface area contributed by atoms with Gasteiger partial charge in [0, 0.05) is 16.9 Å². The number of hydrogen-bond donors (Lipinski definition) is 1. The Morgan fingerprint density at radius 2 is 1.74 bits per heavy atom. The normalized spacial score (nSPS) is 11.1. The van der Waals surface area contributed by atoms with E-state index in [9.17, 15) is 9.18 Å². The van der Waals surface area contributed by atoms with Crippen LogP contribution >= 0.6 is 15.9 Å². The lowest BCUT2D eigenvalue weighted by molar-refractivity contribution is 0.0955. The molecule has 0 fully saturated rings. The van der Waals surface area contributed by atoms with Crippen molar-refractivity contribution in [2.24, 2.45) is 5.10 Å². The van der Waals surface area contributed by atoms with Crippen LogP contribution in [0, 0.1) is 12.7 Å². The Kier molecular flexibility index (Phi) is 7.99. The zero-order chi connectivity index (χ0) is 27.2. The molecule has 0 bridgehead atoms. The standard InChI is InChI=1S/C32H25BrFN3O2/c1-22-10-16-30(25-7-3-2-4-8-25)37(22)28-14-12-26(13-15-28)32(38)36-35-20-23-11-17-31(29(33)19-23)39-21-24-6-5-9-27(34)18-24/h2-20H,21H2,1H3,(H,36,38)/b35-20+. The number of aryl methyl sites for hydroxylation is 1. The second-order valence-electron chi connectivity index (χ2n) is 8.92. The molecule has 5 rings (SSSR count). The van der Waals surface area contributed by atoms with Crippen molar-refractivity contribution in [1.29, 1.82) is 0 Å². The van der Waals surface area contributed by atoms with Crippen molar-refractivity contribution in [3.8, 4) is 22.7 Å². The summed E-state index contributed by atoms with van der Waals surface area (Å²) in [6.45, 7) is 2.30. The molecule has 0 radical (unpaired) electrons. The van der Waals surface area contributed by atoms with Crippen LogP contribution in [0.3, 0.4) is 0 Å². The average molecular weight is 582 g/mol. The smallest absolute Gasteiger partial charge is 0.271 e. The van der Waals surface area contributed by atoms with Gasteiger partial charge < -0.3 is 9.30 Å². The molecule has 0 unspecified atom stereocenters. The number of benzene rings is 4. The quantitative estimate of drug-likeness (QED) is 0.151. The van der Waals surface area contributed by atoms with E-state index in [1.54, 1.807) is 36.5 Å². The number of carbonyl (C=O) groups is 1. The predicted octanol–water partition coefficient (Wildman–Crippen LogP) is 7.70. The first kappa shape index (κ1) is 26.1. The molecule has 1 amide bonds. The Balaban J connectivity index is 1.21. The molecule has 0 aliphatic rings. The molecular weight excluding hydrogens is 557 g/mol. The van der Waals surface area contributed by atoms with Gasteiger partial charge in [-0.3, -0.25) is 4.79 Å². The van der Waals surface area contributed by atoms with Crippen molar-refractivity contribution < 1.29 is 13.9 Å². The zero-order valence-corrected chi connectivity index (χ0v) is 22.7. The van der Waals surface area contributed by atoms with Gasteiger partial charge in [-0.25, -0.2) is 9.82 Å². The maximum absolute atomic E-state index is 13.4. The van der Waals surface area contributed by atoms with Gasteiger partial charge in [0.2, 0.25) is 0 Å². The van der Waals surface area contributed by atoms with Crippen molar-refractivity contribution in [1.82, 2.24) is 9.99 Å². The predicted molar refractivity (Wildman–Crippen MR) is 156 cm³/mol. The molecule has 5 aromatic rings. The lowest BCUT2D eigenvalue weighted by atomic mass is 10.1. The van der Waals surface area contributed by atoms with Crippen molar-refractivity contribution in [2.45, 2.75) is 13.5 Å². The Hall–Kier alpha value is -4.49. The molecule has 1 N–H and O–H groups in total. The van der Waals surface area contributed by atoms with Gasteiger partial charge in [0.15, 0.2) is 0 Å². The summed E-state index contributed by atoms with van der Waals surface area (Å²) in [6.07, 6.45) is 1.56. The summed E-state index contributed by atoms with van der Waals surface area (Å²) in [7, 11) is 0. The van der Waals surface area contributed by atoms with E-state index in [1.165, 1.54) is 12.1 Å². The second kappa shape index (κ2) is 11.9. The third-order valence-corrected chi connectivity index (χ3v) is 6.77. The Labute approximate surface area is 234 Å². The second-order valence-corrected chi connectivity index (χ2v) is 9.77. The largest absolute Gasteiger partial charge is 0.488 e. The summed E-state index contributed by atoms with van der Waals surface area (Å²) in [6, 6.07) is 33.5. The van der Waals surface area contributed by atoms with Crippen molar-refractivity contribution >= 4 is 28.1 Å². The maximum atomic E-state index is 13.4. The average Bonchev–Trinajstić information content (AvgIpc) is 3.34. The first-order valence-corrected chi connectivity index (χ1v) is 13.1. The van der Waals surface area contributed by atoms with Crippen LogP contribution in [-0.4, -0.2) is 16.7 Å². The molecule has 5 nitrogen and oxygen atoms in total. The number of halogens is 2. The number of amides is 1. The number of aromatic nitrogens is 1. The van der Waals surface area contributed by atoms with Crippen LogP contribution < -0.4 is 10.2 Å². The van der Waals surface area contributed by atoms with Crippen LogP contribution in [0.1, 0.15) is 27.2 Å². The summed E-state index contributed by atoms with van der Waals surface area (Å²) in [5, 5.41) is 4.10. The summed E-state index contributed by atoms with van der Waals surface area (Å²) < 4.78 is 22.0. The molecule has 194 valence electrons. The number of hydrazone groups is 1. The fraction of sp³-hybridized carbons (Fsp3) is 0.0625. The summed E-state index contributed by atoms with van der Waals surface area (Å²) in [5.41, 5.74) is 8.88. The molecule has 1 aromatic heterocycles. The summed E-state index contributed by atoms with van der Waals surface area (Å²) >= 11 is 3.49. The minimum absolute atomic E-state index is 0.246. The Morgan fingerprint density at radius 3 is 2.49 bits per heavy atom. The molecule has 0 aliphatic heterocycles. The molecular formula is C32H25BrFN3O2. The first-order valence-electron chi connectivity index (χ1n) is 12.3. The topological polar surface area (TPSA) is 55.6 Å². The first-order chi connectivity index (χ1) is 19.0. The highest BCUT2D eigenvalue weighted by molar-refractivity contribution is 9.10. The van der Waals surface area contributed by atoms with E-state index in [1.807, 2.05) is 42.5 Å². The van der Waals surface area contributed by atoms with E-state index in [2.05, 4.69) is 62.2 Å². The van der Waals surface area contributed by atoms with Gasteiger partial charge >= 0.3 is 0 Å². The number of nitrogens with one attached hydrogen (secondary N) is 1. The third-order valence-electron chi connectivity index (χ3n) is 6.15. The fourth-order valence-corrected chi connectivity index (χ4v) is 4.72. The van der Waals surface area contributed by atoms with Crippen LogP contribution in [0.25, 0.3) is 16.9 Å². The van der Waals surface area contributed by atoms with Gasteiger partial charge in [-0.1, -0.05) is 42.5 Å². The van der Waals surface area contributed by atoms with Gasteiger partial charge in [-0.05, 0) is 106 Å². The van der Waals surface area contributed by atoms with Crippen LogP contribution in [0.5, 0.6) is 5.75 Å². The van der Waals surface area contributed by atoms with E-state index < -0.39 is 0 Å². The number of hydrogen-bond acceptors (Lipinski definition) is 3. The van der Waals surface area contributed by atoms with Crippen LogP contribution in [0.2, 0.25) is 0 Å². The van der Waals surface area contributed by atoms with Crippen molar-refractivity contribution in [3.63, 3.8) is 0 Å². The fourth-order valence-electron chi connectivity index (χ4n) is 4.21. The van der Waals surface area contributed by atoms with Crippen LogP contribution in [-0.2, 0) is 6.61 Å². The molecule has 0 saturated carbocycles. The lowest BCUT2D eigenvalue weighted by Gasteiger charge is -2.12. The minimum atomic E-state index is -0.306. The van der Waals surface area contributed by atoms with Gasteiger partial charge in [0.05, 0.1) is 16.4 Å². The Morgan fingerprint density at radius 1 is 0.949 bits per heavy atom. The van der Waals surface area contributed by atoms with E-state index >= 15 is 0 Å². The molecule has 4 aromatic carbocycles. The molecule has 0 spiro atoms. The molecule has 1 heterocycles. The summed E-state index contributed by atoms with van der Waals surface area (Å²) in [5.74, 6) is 0.0150. The monoisotopic (exact) mass is 581 g/mol. The number of nitrogens with zero attached hydrogens (tertiary/aromatic N) is 2. The molecule has 39 heavy (non-hydrogen) atoms. The highest BCUT2D eigenvalue weighted by Crippen LogP contribution is 2.27. The van der Waals surface area contributed by atoms with E-state index in [-0.39, 0.29) is 18.3 Å². The van der Waals surface area contributed by atoms with Crippen LogP contribution in [0.15, 0.2) is 119 Å². The zero-order valence-electron chi connectivity index (χ0n) is 21.1. The SMILES string of the molecule is Cc1ccc(-c2ccccc2)n1-c1ccc(C(=O)N/N=C/c2ccc(OCc3cccc(F)c3)c(Br)c2)cc1. The number of carbonyl (C=O) groups excluding carboxylic acids is 1. The molecule has 0 aliphatic carbocycles. The molecule has 7 heteroatoms. The lowest BCUT2D eigenvalue weighted by Crippen LogP contribution is -2.17. The Bertz CT molecular complexity index is 1630. The molecule has 0 saturated heterocycles. The van der Waals surface area contributed by atoms with E-state index in [0.717, 1.165) is 38.2 Å². The number of ether oxygens (including phenoxy) is 1. The maximum Gasteiger partial charge on any atom is 0.271 e.